The molecule has 0 bridgehead atoms. The summed E-state index contributed by atoms with van der Waals surface area (Å²) >= 11 is 0. The first-order valence-electron chi connectivity index (χ1n) is 6.06. The van der Waals surface area contributed by atoms with Crippen molar-refractivity contribution in [3.63, 3.8) is 0 Å². The summed E-state index contributed by atoms with van der Waals surface area (Å²) in [5.41, 5.74) is 1.21. The van der Waals surface area contributed by atoms with E-state index < -0.39 is 15.0 Å². The summed E-state index contributed by atoms with van der Waals surface area (Å²) in [6, 6.07) is 9.85. The van der Waals surface area contributed by atoms with Crippen LogP contribution in [0.15, 0.2) is 47.4 Å². The lowest BCUT2D eigenvalue weighted by molar-refractivity contribution is -0.384. The van der Waals surface area contributed by atoms with Crippen molar-refractivity contribution in [1.29, 1.82) is 0 Å². The summed E-state index contributed by atoms with van der Waals surface area (Å²) in [6.07, 6.45) is 0. The average molecular weight is 307 g/mol. The van der Waals surface area contributed by atoms with Crippen LogP contribution >= 0.6 is 0 Å². The Morgan fingerprint density at radius 3 is 2.00 bits per heavy atom. The fraction of sp³-hybridized carbons (Fsp3) is 0.143. The zero-order valence-electron chi connectivity index (χ0n) is 11.4. The fourth-order valence-corrected chi connectivity index (χ4v) is 2.87. The van der Waals surface area contributed by atoms with Crippen LogP contribution in [0.2, 0.25) is 0 Å². The number of nitro groups is 1. The molecule has 0 aliphatic rings. The Labute approximate surface area is 122 Å². The first-order chi connectivity index (χ1) is 9.81. The second-order valence-corrected chi connectivity index (χ2v) is 6.06. The maximum absolute atomic E-state index is 12.2. The zero-order chi connectivity index (χ0) is 15.6. The summed E-state index contributed by atoms with van der Waals surface area (Å²) < 4.78 is 29.5. The van der Waals surface area contributed by atoms with Gasteiger partial charge >= 0.3 is 10.1 Å². The van der Waals surface area contributed by atoms with E-state index in [0.29, 0.717) is 11.1 Å². The highest BCUT2D eigenvalue weighted by atomic mass is 32.2. The quantitative estimate of drug-likeness (QED) is 0.492. The van der Waals surface area contributed by atoms with Crippen LogP contribution in [0.25, 0.3) is 0 Å². The standard InChI is InChI=1S/C14H13NO5S/c1-10-4-3-5-11(2)14(10)20-21(18,19)13-8-6-12(7-9-13)15(16)17/h3-9H,1-2H3. The molecule has 0 heterocycles. The lowest BCUT2D eigenvalue weighted by Crippen LogP contribution is -2.11. The van der Waals surface area contributed by atoms with Crippen molar-refractivity contribution in [2.45, 2.75) is 18.7 Å². The van der Waals surface area contributed by atoms with Gasteiger partial charge in [0.1, 0.15) is 10.6 Å². The van der Waals surface area contributed by atoms with Gasteiger partial charge in [0.15, 0.2) is 0 Å². The summed E-state index contributed by atoms with van der Waals surface area (Å²) in [6.45, 7) is 3.49. The number of nitro benzene ring substituents is 1. The van der Waals surface area contributed by atoms with E-state index in [1.54, 1.807) is 32.0 Å². The van der Waals surface area contributed by atoms with Crippen LogP contribution in [0, 0.1) is 24.0 Å². The molecule has 2 aromatic rings. The third-order valence-corrected chi connectivity index (χ3v) is 4.17. The van der Waals surface area contributed by atoms with E-state index in [9.17, 15) is 18.5 Å². The smallest absolute Gasteiger partial charge is 0.339 e. The molecule has 0 aromatic heterocycles. The molecule has 0 aliphatic carbocycles. The van der Waals surface area contributed by atoms with Crippen LogP contribution in [-0.2, 0) is 10.1 Å². The Balaban J connectivity index is 2.36. The number of non-ortho nitro benzene ring substituents is 1. The Morgan fingerprint density at radius 2 is 1.52 bits per heavy atom. The molecule has 2 aromatic carbocycles. The molecule has 0 fully saturated rings. The first kappa shape index (κ1) is 15.0. The molecule has 0 unspecified atom stereocenters. The van der Waals surface area contributed by atoms with Crippen molar-refractivity contribution >= 4 is 15.8 Å². The van der Waals surface area contributed by atoms with Gasteiger partial charge in [0.2, 0.25) is 0 Å². The minimum absolute atomic E-state index is 0.129. The number of nitrogens with zero attached hydrogens (tertiary/aromatic N) is 1. The Hall–Kier alpha value is -2.41. The number of rotatable bonds is 4. The SMILES string of the molecule is Cc1cccc(C)c1OS(=O)(=O)c1ccc([N+](=O)[O-])cc1. The van der Waals surface area contributed by atoms with Gasteiger partial charge in [0.25, 0.3) is 5.69 Å². The molecule has 0 aliphatic heterocycles. The van der Waals surface area contributed by atoms with Crippen LogP contribution in [0.3, 0.4) is 0 Å². The summed E-state index contributed by atoms with van der Waals surface area (Å²) in [7, 11) is -4.02. The highest BCUT2D eigenvalue weighted by Gasteiger charge is 2.20. The fourth-order valence-electron chi connectivity index (χ4n) is 1.82. The lowest BCUT2D eigenvalue weighted by Gasteiger charge is -2.11. The maximum Gasteiger partial charge on any atom is 0.339 e. The van der Waals surface area contributed by atoms with E-state index >= 15 is 0 Å². The van der Waals surface area contributed by atoms with Gasteiger partial charge in [-0.25, -0.2) is 0 Å². The molecule has 110 valence electrons. The van der Waals surface area contributed by atoms with Gasteiger partial charge in [-0.15, -0.1) is 0 Å². The average Bonchev–Trinajstić information content (AvgIpc) is 2.43. The molecule has 0 radical (unpaired) electrons. The van der Waals surface area contributed by atoms with Gasteiger partial charge < -0.3 is 4.18 Å². The molecule has 0 saturated carbocycles. The topological polar surface area (TPSA) is 86.5 Å². The second kappa shape index (κ2) is 5.53. The normalized spacial score (nSPS) is 11.1. The van der Waals surface area contributed by atoms with Crippen molar-refractivity contribution in [1.82, 2.24) is 0 Å². The summed E-state index contributed by atoms with van der Waals surface area (Å²) in [5, 5.41) is 10.6. The highest BCUT2D eigenvalue weighted by molar-refractivity contribution is 7.87. The molecule has 0 spiro atoms. The van der Waals surface area contributed by atoms with Gasteiger partial charge in [-0.2, -0.15) is 8.42 Å². The summed E-state index contributed by atoms with van der Waals surface area (Å²) in [5.74, 6) is 0.274. The molecule has 2 rings (SSSR count). The van der Waals surface area contributed by atoms with E-state index in [1.165, 1.54) is 0 Å². The summed E-state index contributed by atoms with van der Waals surface area (Å²) in [4.78, 5) is 9.84. The van der Waals surface area contributed by atoms with Crippen LogP contribution in [0.4, 0.5) is 5.69 Å². The number of para-hydroxylation sites is 1. The monoisotopic (exact) mass is 307 g/mol. The van der Waals surface area contributed by atoms with E-state index in [2.05, 4.69) is 0 Å². The number of aryl methyl sites for hydroxylation is 2. The third kappa shape index (κ3) is 3.19. The predicted octanol–water partition coefficient (Wildman–Crippen LogP) is 2.98. The Morgan fingerprint density at radius 1 is 1.00 bits per heavy atom. The molecule has 0 N–H and O–H groups in total. The van der Waals surface area contributed by atoms with Gasteiger partial charge in [-0.3, -0.25) is 10.1 Å². The number of hydrogen-bond donors (Lipinski definition) is 0. The van der Waals surface area contributed by atoms with Crippen molar-refractivity contribution < 1.29 is 17.5 Å². The first-order valence-corrected chi connectivity index (χ1v) is 7.47. The van der Waals surface area contributed by atoms with Crippen LogP contribution < -0.4 is 4.18 Å². The largest absolute Gasteiger partial charge is 0.378 e. The molecule has 7 heteroatoms. The van der Waals surface area contributed by atoms with E-state index in [4.69, 9.17) is 4.18 Å². The van der Waals surface area contributed by atoms with Crippen molar-refractivity contribution in [3.8, 4) is 5.75 Å². The molecule has 6 nitrogen and oxygen atoms in total. The van der Waals surface area contributed by atoms with Crippen molar-refractivity contribution in [3.05, 3.63) is 63.7 Å². The Bertz CT molecular complexity index is 761. The van der Waals surface area contributed by atoms with Crippen molar-refractivity contribution in [2.75, 3.05) is 0 Å². The van der Waals surface area contributed by atoms with E-state index in [0.717, 1.165) is 24.3 Å². The molecular weight excluding hydrogens is 294 g/mol. The van der Waals surface area contributed by atoms with Crippen LogP contribution in [-0.4, -0.2) is 13.3 Å². The van der Waals surface area contributed by atoms with Gasteiger partial charge in [-0.1, -0.05) is 18.2 Å². The van der Waals surface area contributed by atoms with E-state index in [-0.39, 0.29) is 16.3 Å². The van der Waals surface area contributed by atoms with Crippen LogP contribution in [0.1, 0.15) is 11.1 Å². The molecule has 0 saturated heterocycles. The molecular formula is C14H13NO5S. The minimum atomic E-state index is -4.02. The van der Waals surface area contributed by atoms with E-state index in [1.807, 2.05) is 0 Å². The third-order valence-electron chi connectivity index (χ3n) is 2.94. The van der Waals surface area contributed by atoms with Gasteiger partial charge in [0, 0.05) is 12.1 Å². The van der Waals surface area contributed by atoms with Gasteiger partial charge in [-0.05, 0) is 37.1 Å². The molecule has 21 heavy (non-hydrogen) atoms. The minimum Gasteiger partial charge on any atom is -0.378 e. The molecule has 0 amide bonds. The Kier molecular flexibility index (Phi) is 3.95. The number of benzene rings is 2. The second-order valence-electron chi connectivity index (χ2n) is 4.51. The number of hydrogen-bond acceptors (Lipinski definition) is 5. The lowest BCUT2D eigenvalue weighted by atomic mass is 10.1. The van der Waals surface area contributed by atoms with Crippen LogP contribution in [0.5, 0.6) is 5.75 Å². The zero-order valence-corrected chi connectivity index (χ0v) is 12.3. The van der Waals surface area contributed by atoms with Crippen molar-refractivity contribution in [2.24, 2.45) is 0 Å². The highest BCUT2D eigenvalue weighted by Crippen LogP contribution is 2.27. The maximum atomic E-state index is 12.2. The van der Waals surface area contributed by atoms with Gasteiger partial charge in [0.05, 0.1) is 4.92 Å². The predicted molar refractivity (Wildman–Crippen MR) is 76.8 cm³/mol. The molecule has 0 atom stereocenters.